The van der Waals surface area contributed by atoms with Gasteiger partial charge in [0.25, 0.3) is 0 Å². The van der Waals surface area contributed by atoms with E-state index >= 15 is 0 Å². The van der Waals surface area contributed by atoms with Crippen molar-refractivity contribution in [3.8, 4) is 0 Å². The summed E-state index contributed by atoms with van der Waals surface area (Å²) in [6.07, 6.45) is 0.150. The standard InChI is InChI=1S/C17H22N2O2/c1-12(20)10-11-18-17(21)19-13(2)15-9-5-7-14-6-3-4-8-16(14)15/h3-9,12-13,20H,10-11H2,1-2H3,(H2,18,19,21). The fourth-order valence-corrected chi connectivity index (χ4v) is 2.35. The van der Waals surface area contributed by atoms with Crippen LogP contribution in [0.25, 0.3) is 10.8 Å². The van der Waals surface area contributed by atoms with E-state index in [-0.39, 0.29) is 12.1 Å². The fraction of sp³-hybridized carbons (Fsp3) is 0.353. The number of benzene rings is 2. The molecule has 2 unspecified atom stereocenters. The first-order valence-corrected chi connectivity index (χ1v) is 7.28. The molecule has 0 aliphatic carbocycles. The van der Waals surface area contributed by atoms with Crippen LogP contribution in [-0.4, -0.2) is 23.8 Å². The van der Waals surface area contributed by atoms with Crippen LogP contribution in [0.5, 0.6) is 0 Å². The lowest BCUT2D eigenvalue weighted by atomic mass is 10.00. The number of carbonyl (C=O) groups is 1. The highest BCUT2D eigenvalue weighted by Crippen LogP contribution is 2.23. The normalized spacial score (nSPS) is 13.7. The maximum Gasteiger partial charge on any atom is 0.315 e. The van der Waals surface area contributed by atoms with Crippen molar-refractivity contribution in [2.75, 3.05) is 6.54 Å². The van der Waals surface area contributed by atoms with Gasteiger partial charge in [-0.05, 0) is 36.6 Å². The SMILES string of the molecule is CC(O)CCNC(=O)NC(C)c1cccc2ccccc12. The average Bonchev–Trinajstić information content (AvgIpc) is 2.46. The van der Waals surface area contributed by atoms with Gasteiger partial charge in [-0.2, -0.15) is 0 Å². The lowest BCUT2D eigenvalue weighted by Crippen LogP contribution is -2.38. The third-order valence-electron chi connectivity index (χ3n) is 3.49. The molecule has 3 N–H and O–H groups in total. The minimum Gasteiger partial charge on any atom is -0.393 e. The van der Waals surface area contributed by atoms with Crippen molar-refractivity contribution in [3.05, 3.63) is 48.0 Å². The number of aliphatic hydroxyl groups is 1. The fourth-order valence-electron chi connectivity index (χ4n) is 2.35. The Balaban J connectivity index is 2.02. The molecule has 2 aromatic rings. The molecule has 112 valence electrons. The number of urea groups is 1. The van der Waals surface area contributed by atoms with Gasteiger partial charge < -0.3 is 15.7 Å². The van der Waals surface area contributed by atoms with Crippen LogP contribution in [0.3, 0.4) is 0 Å². The van der Waals surface area contributed by atoms with E-state index in [1.165, 1.54) is 0 Å². The third kappa shape index (κ3) is 4.20. The van der Waals surface area contributed by atoms with E-state index in [1.54, 1.807) is 6.92 Å². The highest BCUT2D eigenvalue weighted by molar-refractivity contribution is 5.86. The summed E-state index contributed by atoms with van der Waals surface area (Å²) >= 11 is 0. The van der Waals surface area contributed by atoms with Crippen molar-refractivity contribution in [3.63, 3.8) is 0 Å². The molecule has 0 radical (unpaired) electrons. The molecule has 0 aliphatic rings. The lowest BCUT2D eigenvalue weighted by molar-refractivity contribution is 0.183. The topological polar surface area (TPSA) is 61.4 Å². The maximum absolute atomic E-state index is 11.8. The van der Waals surface area contributed by atoms with Gasteiger partial charge in [0.05, 0.1) is 12.1 Å². The largest absolute Gasteiger partial charge is 0.393 e. The van der Waals surface area contributed by atoms with Crippen molar-refractivity contribution >= 4 is 16.8 Å². The molecule has 21 heavy (non-hydrogen) atoms. The van der Waals surface area contributed by atoms with E-state index in [1.807, 2.05) is 31.2 Å². The van der Waals surface area contributed by atoms with Crippen LogP contribution in [0, 0.1) is 0 Å². The van der Waals surface area contributed by atoms with Crippen LogP contribution < -0.4 is 10.6 Å². The van der Waals surface area contributed by atoms with E-state index in [4.69, 9.17) is 0 Å². The van der Waals surface area contributed by atoms with Crippen LogP contribution in [0.4, 0.5) is 4.79 Å². The summed E-state index contributed by atoms with van der Waals surface area (Å²) in [5, 5.41) is 17.2. The highest BCUT2D eigenvalue weighted by Gasteiger charge is 2.11. The van der Waals surface area contributed by atoms with Gasteiger partial charge in [0.1, 0.15) is 0 Å². The number of fused-ring (bicyclic) bond motifs is 1. The first-order valence-electron chi connectivity index (χ1n) is 7.28. The van der Waals surface area contributed by atoms with E-state index in [0.29, 0.717) is 13.0 Å². The number of amides is 2. The summed E-state index contributed by atoms with van der Waals surface area (Å²) in [7, 11) is 0. The zero-order valence-electron chi connectivity index (χ0n) is 12.5. The quantitative estimate of drug-likeness (QED) is 0.791. The van der Waals surface area contributed by atoms with Crippen molar-refractivity contribution in [2.24, 2.45) is 0 Å². The molecule has 0 saturated carbocycles. The number of hydrogen-bond acceptors (Lipinski definition) is 2. The third-order valence-corrected chi connectivity index (χ3v) is 3.49. The van der Waals surface area contributed by atoms with Crippen molar-refractivity contribution in [1.82, 2.24) is 10.6 Å². The van der Waals surface area contributed by atoms with Crippen LogP contribution >= 0.6 is 0 Å². The second kappa shape index (κ2) is 7.09. The molecule has 2 aromatic carbocycles. The van der Waals surface area contributed by atoms with Gasteiger partial charge >= 0.3 is 6.03 Å². The second-order valence-electron chi connectivity index (χ2n) is 5.33. The number of rotatable bonds is 5. The Morgan fingerprint density at radius 3 is 2.62 bits per heavy atom. The molecule has 0 spiro atoms. The van der Waals surface area contributed by atoms with E-state index < -0.39 is 6.10 Å². The van der Waals surface area contributed by atoms with Crippen molar-refractivity contribution in [1.29, 1.82) is 0 Å². The van der Waals surface area contributed by atoms with Crippen LogP contribution in [0.1, 0.15) is 31.9 Å². The Morgan fingerprint density at radius 1 is 1.14 bits per heavy atom. The number of nitrogens with one attached hydrogen (secondary N) is 2. The molecule has 0 aromatic heterocycles. The Labute approximate surface area is 125 Å². The molecule has 0 bridgehead atoms. The molecule has 2 amide bonds. The first kappa shape index (κ1) is 15.3. The molecule has 0 fully saturated rings. The predicted octanol–water partition coefficient (Wildman–Crippen LogP) is 2.97. The van der Waals surface area contributed by atoms with E-state index in [2.05, 4.69) is 28.8 Å². The molecule has 0 aliphatic heterocycles. The van der Waals surface area contributed by atoms with E-state index in [0.717, 1.165) is 16.3 Å². The van der Waals surface area contributed by atoms with Gasteiger partial charge in [-0.25, -0.2) is 4.79 Å². The summed E-state index contributed by atoms with van der Waals surface area (Å²) in [5.74, 6) is 0. The first-order chi connectivity index (χ1) is 10.1. The van der Waals surface area contributed by atoms with Gasteiger partial charge in [-0.1, -0.05) is 42.5 Å². The van der Waals surface area contributed by atoms with Gasteiger partial charge in [0.15, 0.2) is 0 Å². The minimum atomic E-state index is -0.402. The minimum absolute atomic E-state index is 0.0809. The van der Waals surface area contributed by atoms with Gasteiger partial charge in [0.2, 0.25) is 0 Å². The molecule has 4 heteroatoms. The summed E-state index contributed by atoms with van der Waals surface area (Å²) in [6.45, 7) is 4.14. The van der Waals surface area contributed by atoms with Gasteiger partial charge in [0, 0.05) is 6.54 Å². The monoisotopic (exact) mass is 286 g/mol. The summed E-state index contributed by atoms with van der Waals surface area (Å²) in [6, 6.07) is 13.9. The Hall–Kier alpha value is -2.07. The Kier molecular flexibility index (Phi) is 5.17. The van der Waals surface area contributed by atoms with Crippen LogP contribution in [0.15, 0.2) is 42.5 Å². The van der Waals surface area contributed by atoms with Gasteiger partial charge in [-0.15, -0.1) is 0 Å². The van der Waals surface area contributed by atoms with Gasteiger partial charge in [-0.3, -0.25) is 0 Å². The zero-order chi connectivity index (χ0) is 15.2. The Morgan fingerprint density at radius 2 is 1.86 bits per heavy atom. The summed E-state index contributed by atoms with van der Waals surface area (Å²) in [5.41, 5.74) is 1.10. The van der Waals surface area contributed by atoms with E-state index in [9.17, 15) is 9.90 Å². The molecule has 2 rings (SSSR count). The molecule has 4 nitrogen and oxygen atoms in total. The van der Waals surface area contributed by atoms with Crippen molar-refractivity contribution < 1.29 is 9.90 Å². The maximum atomic E-state index is 11.8. The Bertz CT molecular complexity index is 605. The number of aliphatic hydroxyl groups excluding tert-OH is 1. The predicted molar refractivity (Wildman–Crippen MR) is 85.2 cm³/mol. The number of hydrogen-bond donors (Lipinski definition) is 3. The summed E-state index contributed by atoms with van der Waals surface area (Å²) < 4.78 is 0. The molecule has 2 atom stereocenters. The average molecular weight is 286 g/mol. The molecule has 0 saturated heterocycles. The van der Waals surface area contributed by atoms with Crippen LogP contribution in [0.2, 0.25) is 0 Å². The van der Waals surface area contributed by atoms with Crippen LogP contribution in [-0.2, 0) is 0 Å². The lowest BCUT2D eigenvalue weighted by Gasteiger charge is -2.17. The second-order valence-corrected chi connectivity index (χ2v) is 5.33. The molecular weight excluding hydrogens is 264 g/mol. The molecular formula is C17H22N2O2. The zero-order valence-corrected chi connectivity index (χ0v) is 12.5. The smallest absolute Gasteiger partial charge is 0.315 e. The van der Waals surface area contributed by atoms with Crippen molar-refractivity contribution in [2.45, 2.75) is 32.4 Å². The molecule has 0 heterocycles. The highest BCUT2D eigenvalue weighted by atomic mass is 16.3. The summed E-state index contributed by atoms with van der Waals surface area (Å²) in [4.78, 5) is 11.8. The number of carbonyl (C=O) groups excluding carboxylic acids is 1.